The van der Waals surface area contributed by atoms with Crippen LogP contribution in [0.5, 0.6) is 0 Å². The quantitative estimate of drug-likeness (QED) is 0.475. The molecule has 0 spiro atoms. The summed E-state index contributed by atoms with van der Waals surface area (Å²) in [5.41, 5.74) is -0.597. The maximum atomic E-state index is 10.3. The van der Waals surface area contributed by atoms with Gasteiger partial charge in [-0.3, -0.25) is 4.98 Å². The third-order valence-corrected chi connectivity index (χ3v) is 0.942. The molecule has 1 aromatic rings. The van der Waals surface area contributed by atoms with E-state index in [-0.39, 0.29) is 62.0 Å². The van der Waals surface area contributed by atoms with Crippen molar-refractivity contribution in [2.45, 2.75) is 0 Å². The molecule has 48 valence electrons. The standard InChI is InChI=1S/C3HCl2N3O.K/c4-1-6-2(5)8-3(9)7-1;/h(H,6,7,8,9);/q;+1. The first-order valence-electron chi connectivity index (χ1n) is 1.98. The van der Waals surface area contributed by atoms with Crippen LogP contribution in [0.4, 0.5) is 0 Å². The van der Waals surface area contributed by atoms with Crippen molar-refractivity contribution in [2.24, 2.45) is 0 Å². The van der Waals surface area contributed by atoms with Crippen LogP contribution in [0.15, 0.2) is 4.79 Å². The summed E-state index contributed by atoms with van der Waals surface area (Å²) in [6.45, 7) is 0. The van der Waals surface area contributed by atoms with Crippen LogP contribution < -0.4 is 57.1 Å². The minimum absolute atomic E-state index is 0. The summed E-state index contributed by atoms with van der Waals surface area (Å²) in [7, 11) is 0. The van der Waals surface area contributed by atoms with Crippen LogP contribution in [-0.2, 0) is 0 Å². The molecule has 0 saturated heterocycles. The molecule has 0 saturated carbocycles. The van der Waals surface area contributed by atoms with Gasteiger partial charge in [0.2, 0.25) is 10.6 Å². The van der Waals surface area contributed by atoms with E-state index >= 15 is 0 Å². The maximum absolute atomic E-state index is 10.3. The molecule has 0 bridgehead atoms. The number of hydrogen-bond donors (Lipinski definition) is 1. The van der Waals surface area contributed by atoms with Gasteiger partial charge in [-0.1, -0.05) is 0 Å². The minimum Gasteiger partial charge on any atom is -0.280 e. The van der Waals surface area contributed by atoms with Crippen LogP contribution >= 0.6 is 23.2 Å². The van der Waals surface area contributed by atoms with Crippen molar-refractivity contribution in [1.29, 1.82) is 0 Å². The summed E-state index contributed by atoms with van der Waals surface area (Å²) < 4.78 is 0. The molecular weight excluding hydrogens is 204 g/mol. The number of hydrogen-bond acceptors (Lipinski definition) is 3. The molecule has 10 heavy (non-hydrogen) atoms. The second kappa shape index (κ2) is 4.81. The molecular formula is C3HCl2KN3O+. The van der Waals surface area contributed by atoms with E-state index in [1.165, 1.54) is 0 Å². The Hall–Kier alpha value is 1.03. The van der Waals surface area contributed by atoms with Crippen molar-refractivity contribution in [1.82, 2.24) is 15.0 Å². The SMILES string of the molecule is O=c1nc(Cl)nc(Cl)[nH]1.[K+]. The number of nitrogens with one attached hydrogen (secondary N) is 1. The number of H-pyrrole nitrogens is 1. The van der Waals surface area contributed by atoms with Crippen molar-refractivity contribution < 1.29 is 51.4 Å². The van der Waals surface area contributed by atoms with Crippen molar-refractivity contribution in [3.8, 4) is 0 Å². The number of nitrogens with zero attached hydrogens (tertiary/aromatic N) is 2. The number of halogens is 2. The largest absolute Gasteiger partial charge is 1.00 e. The molecule has 1 N–H and O–H groups in total. The first-order chi connectivity index (χ1) is 4.18. The van der Waals surface area contributed by atoms with Gasteiger partial charge in [-0.05, 0) is 23.2 Å². The van der Waals surface area contributed by atoms with Gasteiger partial charge < -0.3 is 0 Å². The Kier molecular flexibility index (Phi) is 5.31. The predicted octanol–water partition coefficient (Wildman–Crippen LogP) is -2.52. The first kappa shape index (κ1) is 11.0. The summed E-state index contributed by atoms with van der Waals surface area (Å²) >= 11 is 10.5. The van der Waals surface area contributed by atoms with Crippen LogP contribution in [0.2, 0.25) is 10.6 Å². The van der Waals surface area contributed by atoms with Gasteiger partial charge in [0.15, 0.2) is 0 Å². The molecule has 0 aliphatic heterocycles. The van der Waals surface area contributed by atoms with Gasteiger partial charge in [0.05, 0.1) is 0 Å². The second-order valence-electron chi connectivity index (χ2n) is 1.21. The maximum Gasteiger partial charge on any atom is 1.00 e. The minimum atomic E-state index is -0.597. The van der Waals surface area contributed by atoms with Gasteiger partial charge in [0.1, 0.15) is 0 Å². The Balaban J connectivity index is 0.000000810. The predicted molar refractivity (Wildman–Crippen MR) is 32.7 cm³/mol. The Morgan fingerprint density at radius 2 is 1.90 bits per heavy atom. The van der Waals surface area contributed by atoms with Crippen molar-refractivity contribution in [3.05, 3.63) is 21.1 Å². The van der Waals surface area contributed by atoms with E-state index in [1.54, 1.807) is 0 Å². The van der Waals surface area contributed by atoms with Gasteiger partial charge >= 0.3 is 57.1 Å². The van der Waals surface area contributed by atoms with Crippen LogP contribution in [0.25, 0.3) is 0 Å². The monoisotopic (exact) mass is 204 g/mol. The number of aromatic nitrogens is 3. The molecule has 0 aromatic carbocycles. The van der Waals surface area contributed by atoms with E-state index in [0.29, 0.717) is 0 Å². The zero-order valence-electron chi connectivity index (χ0n) is 5.06. The Morgan fingerprint density at radius 1 is 1.30 bits per heavy atom. The van der Waals surface area contributed by atoms with E-state index in [4.69, 9.17) is 23.2 Å². The summed E-state index contributed by atoms with van der Waals surface area (Å²) in [5.74, 6) is 0. The zero-order chi connectivity index (χ0) is 6.85. The number of aromatic amines is 1. The summed E-state index contributed by atoms with van der Waals surface area (Å²) in [5, 5.41) is -0.205. The van der Waals surface area contributed by atoms with E-state index in [1.807, 2.05) is 0 Å². The summed E-state index contributed by atoms with van der Waals surface area (Å²) in [6, 6.07) is 0. The molecule has 1 heterocycles. The first-order valence-corrected chi connectivity index (χ1v) is 2.73. The molecule has 0 aliphatic carbocycles. The molecule has 1 rings (SSSR count). The zero-order valence-corrected chi connectivity index (χ0v) is 9.69. The van der Waals surface area contributed by atoms with Gasteiger partial charge in [-0.2, -0.15) is 9.97 Å². The van der Waals surface area contributed by atoms with Crippen LogP contribution in [0.3, 0.4) is 0 Å². The molecule has 0 atom stereocenters. The Bertz CT molecular complexity index is 251. The second-order valence-corrected chi connectivity index (χ2v) is 1.91. The topological polar surface area (TPSA) is 58.6 Å². The normalized spacial score (nSPS) is 8.60. The van der Waals surface area contributed by atoms with Gasteiger partial charge in [0.25, 0.3) is 0 Å². The summed E-state index contributed by atoms with van der Waals surface area (Å²) in [4.78, 5) is 19.0. The van der Waals surface area contributed by atoms with E-state index in [0.717, 1.165) is 0 Å². The molecule has 0 unspecified atom stereocenters. The molecule has 0 radical (unpaired) electrons. The smallest absolute Gasteiger partial charge is 0.280 e. The fraction of sp³-hybridized carbons (Fsp3) is 0. The van der Waals surface area contributed by atoms with Crippen molar-refractivity contribution in [2.75, 3.05) is 0 Å². The molecule has 0 fully saturated rings. The summed E-state index contributed by atoms with van der Waals surface area (Å²) in [6.07, 6.45) is 0. The van der Waals surface area contributed by atoms with Crippen LogP contribution in [-0.4, -0.2) is 15.0 Å². The average molecular weight is 205 g/mol. The molecule has 0 aliphatic rings. The van der Waals surface area contributed by atoms with Crippen molar-refractivity contribution in [3.63, 3.8) is 0 Å². The Morgan fingerprint density at radius 3 is 2.30 bits per heavy atom. The van der Waals surface area contributed by atoms with Crippen LogP contribution in [0.1, 0.15) is 0 Å². The molecule has 0 amide bonds. The van der Waals surface area contributed by atoms with E-state index < -0.39 is 5.69 Å². The van der Waals surface area contributed by atoms with Crippen molar-refractivity contribution >= 4 is 23.2 Å². The van der Waals surface area contributed by atoms with Crippen LogP contribution in [0, 0.1) is 0 Å². The van der Waals surface area contributed by atoms with Gasteiger partial charge in [-0.15, -0.1) is 0 Å². The average Bonchev–Trinajstić information content (AvgIpc) is 1.59. The van der Waals surface area contributed by atoms with Gasteiger partial charge in [0, 0.05) is 0 Å². The Labute approximate surface area is 109 Å². The van der Waals surface area contributed by atoms with E-state index in [9.17, 15) is 4.79 Å². The van der Waals surface area contributed by atoms with E-state index in [2.05, 4.69) is 15.0 Å². The fourth-order valence-corrected chi connectivity index (χ4v) is 0.699. The van der Waals surface area contributed by atoms with Gasteiger partial charge in [-0.25, -0.2) is 4.79 Å². The third kappa shape index (κ3) is 3.43. The fourth-order valence-electron chi connectivity index (χ4n) is 0.334. The third-order valence-electron chi connectivity index (χ3n) is 0.594. The molecule has 7 heteroatoms. The molecule has 1 aromatic heterocycles. The number of rotatable bonds is 0. The molecule has 4 nitrogen and oxygen atoms in total.